The number of sulfonamides is 1. The number of nitrogens with one attached hydrogen (secondary N) is 2. The van der Waals surface area contributed by atoms with Gasteiger partial charge in [-0.2, -0.15) is 0 Å². The fraction of sp³-hybridized carbons (Fsp3) is 0.500. The van der Waals surface area contributed by atoms with E-state index in [1.807, 2.05) is 0 Å². The van der Waals surface area contributed by atoms with E-state index >= 15 is 0 Å². The minimum Gasteiger partial charge on any atom is -0.315 e. The summed E-state index contributed by atoms with van der Waals surface area (Å²) in [5.74, 6) is 0. The van der Waals surface area contributed by atoms with Crippen LogP contribution in [0, 0.1) is 0 Å². The summed E-state index contributed by atoms with van der Waals surface area (Å²) in [6.07, 6.45) is 0.866. The summed E-state index contributed by atoms with van der Waals surface area (Å²) in [4.78, 5) is 0. The molecule has 0 aromatic carbocycles. The maximum atomic E-state index is 11.7. The second-order valence-corrected chi connectivity index (χ2v) is 6.13. The minimum absolute atomic E-state index is 0.0436. The molecule has 0 saturated carbocycles. The monoisotopic (exact) mass is 232 g/mol. The molecule has 2 rings (SSSR count). The molecule has 6 heteroatoms. The van der Waals surface area contributed by atoms with Gasteiger partial charge in [0, 0.05) is 12.6 Å². The van der Waals surface area contributed by atoms with Gasteiger partial charge in [-0.05, 0) is 24.4 Å². The lowest BCUT2D eigenvalue weighted by Gasteiger charge is -2.09. The van der Waals surface area contributed by atoms with E-state index < -0.39 is 10.0 Å². The third-order valence-corrected chi connectivity index (χ3v) is 5.06. The summed E-state index contributed by atoms with van der Waals surface area (Å²) >= 11 is 1.24. The molecule has 78 valence electrons. The van der Waals surface area contributed by atoms with Gasteiger partial charge in [-0.15, -0.1) is 11.3 Å². The summed E-state index contributed by atoms with van der Waals surface area (Å²) in [6, 6.07) is 3.41. The molecule has 4 nitrogen and oxygen atoms in total. The Bertz CT molecular complexity index is 379. The van der Waals surface area contributed by atoms with E-state index in [1.54, 1.807) is 17.5 Å². The Morgan fingerprint density at radius 1 is 1.57 bits per heavy atom. The van der Waals surface area contributed by atoms with Crippen molar-refractivity contribution in [3.05, 3.63) is 17.5 Å². The van der Waals surface area contributed by atoms with E-state index in [2.05, 4.69) is 10.0 Å². The molecule has 0 unspecified atom stereocenters. The van der Waals surface area contributed by atoms with Crippen LogP contribution in [0.5, 0.6) is 0 Å². The van der Waals surface area contributed by atoms with Crippen molar-refractivity contribution in [3.63, 3.8) is 0 Å². The van der Waals surface area contributed by atoms with Crippen molar-refractivity contribution >= 4 is 21.4 Å². The van der Waals surface area contributed by atoms with E-state index in [-0.39, 0.29) is 6.04 Å². The molecule has 2 heterocycles. The van der Waals surface area contributed by atoms with Crippen LogP contribution < -0.4 is 10.0 Å². The quantitative estimate of drug-likeness (QED) is 0.792. The van der Waals surface area contributed by atoms with Gasteiger partial charge in [-0.25, -0.2) is 13.1 Å². The topological polar surface area (TPSA) is 58.2 Å². The van der Waals surface area contributed by atoms with E-state index in [0.717, 1.165) is 19.5 Å². The highest BCUT2D eigenvalue weighted by molar-refractivity contribution is 7.91. The van der Waals surface area contributed by atoms with Gasteiger partial charge in [0.05, 0.1) is 0 Å². The van der Waals surface area contributed by atoms with Crippen LogP contribution in [0.4, 0.5) is 0 Å². The van der Waals surface area contributed by atoms with Crippen LogP contribution in [-0.4, -0.2) is 27.5 Å². The van der Waals surface area contributed by atoms with E-state index in [1.165, 1.54) is 11.3 Å². The number of thiophene rings is 1. The SMILES string of the molecule is O=S(=O)(N[C@H]1CCNC1)c1cccs1. The molecule has 0 amide bonds. The highest BCUT2D eigenvalue weighted by atomic mass is 32.2. The van der Waals surface area contributed by atoms with E-state index in [9.17, 15) is 8.42 Å². The molecule has 2 N–H and O–H groups in total. The molecule has 1 aromatic rings. The maximum absolute atomic E-state index is 11.7. The molecule has 1 atom stereocenters. The summed E-state index contributed by atoms with van der Waals surface area (Å²) < 4.78 is 26.5. The van der Waals surface area contributed by atoms with Crippen molar-refractivity contribution in [3.8, 4) is 0 Å². The first-order valence-corrected chi connectivity index (χ1v) is 6.81. The van der Waals surface area contributed by atoms with Crippen LogP contribution in [-0.2, 0) is 10.0 Å². The molecule has 1 aromatic heterocycles. The van der Waals surface area contributed by atoms with Crippen LogP contribution in [0.25, 0.3) is 0 Å². The Morgan fingerprint density at radius 3 is 3.00 bits per heavy atom. The zero-order valence-corrected chi connectivity index (χ0v) is 9.20. The van der Waals surface area contributed by atoms with Crippen LogP contribution in [0.15, 0.2) is 21.7 Å². The van der Waals surface area contributed by atoms with Gasteiger partial charge in [-0.3, -0.25) is 0 Å². The first kappa shape index (κ1) is 10.1. The van der Waals surface area contributed by atoms with Crippen molar-refractivity contribution in [2.45, 2.75) is 16.7 Å². The van der Waals surface area contributed by atoms with Gasteiger partial charge in [0.25, 0.3) is 0 Å². The highest BCUT2D eigenvalue weighted by Gasteiger charge is 2.22. The second kappa shape index (κ2) is 3.98. The van der Waals surface area contributed by atoms with Gasteiger partial charge in [0.15, 0.2) is 0 Å². The van der Waals surface area contributed by atoms with Gasteiger partial charge >= 0.3 is 0 Å². The smallest absolute Gasteiger partial charge is 0.250 e. The standard InChI is InChI=1S/C8H12N2O2S2/c11-14(12,8-2-1-5-13-8)10-7-3-4-9-6-7/h1-2,5,7,9-10H,3-4,6H2/t7-/m0/s1. The van der Waals surface area contributed by atoms with Crippen molar-refractivity contribution < 1.29 is 8.42 Å². The van der Waals surface area contributed by atoms with Crippen molar-refractivity contribution in [1.29, 1.82) is 0 Å². The average molecular weight is 232 g/mol. The fourth-order valence-corrected chi connectivity index (χ4v) is 3.73. The summed E-state index contributed by atoms with van der Waals surface area (Å²) in [5, 5.41) is 4.88. The van der Waals surface area contributed by atoms with Crippen molar-refractivity contribution in [2.24, 2.45) is 0 Å². The first-order valence-electron chi connectivity index (χ1n) is 4.45. The maximum Gasteiger partial charge on any atom is 0.250 e. The second-order valence-electron chi connectivity index (χ2n) is 3.24. The summed E-state index contributed by atoms with van der Waals surface area (Å²) in [7, 11) is -3.27. The zero-order chi connectivity index (χ0) is 10.0. The predicted molar refractivity (Wildman–Crippen MR) is 55.9 cm³/mol. The Labute approximate surface area is 87.4 Å². The lowest BCUT2D eigenvalue weighted by Crippen LogP contribution is -2.35. The van der Waals surface area contributed by atoms with Crippen LogP contribution >= 0.6 is 11.3 Å². The summed E-state index contributed by atoms with van der Waals surface area (Å²) in [6.45, 7) is 1.61. The molecule has 1 aliphatic rings. The first-order chi connectivity index (χ1) is 6.68. The molecule has 0 aliphatic carbocycles. The van der Waals surface area contributed by atoms with Gasteiger partial charge < -0.3 is 5.32 Å². The molecule has 0 radical (unpaired) electrons. The van der Waals surface area contributed by atoms with E-state index in [4.69, 9.17) is 0 Å². The normalized spacial score (nSPS) is 22.7. The number of hydrogen-bond donors (Lipinski definition) is 2. The Morgan fingerprint density at radius 2 is 2.43 bits per heavy atom. The molecular weight excluding hydrogens is 220 g/mol. The van der Waals surface area contributed by atoms with Crippen molar-refractivity contribution in [1.82, 2.24) is 10.0 Å². The summed E-state index contributed by atoms with van der Waals surface area (Å²) in [5.41, 5.74) is 0. The molecule has 1 aliphatic heterocycles. The van der Waals surface area contributed by atoms with Gasteiger partial charge in [0.2, 0.25) is 10.0 Å². The van der Waals surface area contributed by atoms with Crippen LogP contribution in [0.1, 0.15) is 6.42 Å². The van der Waals surface area contributed by atoms with Gasteiger partial charge in [0.1, 0.15) is 4.21 Å². The number of rotatable bonds is 3. The van der Waals surface area contributed by atoms with Gasteiger partial charge in [-0.1, -0.05) is 6.07 Å². The zero-order valence-electron chi connectivity index (χ0n) is 7.56. The molecule has 0 bridgehead atoms. The third kappa shape index (κ3) is 2.14. The number of hydrogen-bond acceptors (Lipinski definition) is 4. The highest BCUT2D eigenvalue weighted by Crippen LogP contribution is 2.16. The Balaban J connectivity index is 2.09. The Kier molecular flexibility index (Phi) is 2.87. The van der Waals surface area contributed by atoms with E-state index in [0.29, 0.717) is 4.21 Å². The Hall–Kier alpha value is -0.430. The predicted octanol–water partition coefficient (Wildman–Crippen LogP) is 0.388. The lowest BCUT2D eigenvalue weighted by atomic mass is 10.3. The molecule has 14 heavy (non-hydrogen) atoms. The molecular formula is C8H12N2O2S2. The van der Waals surface area contributed by atoms with Crippen LogP contribution in [0.2, 0.25) is 0 Å². The van der Waals surface area contributed by atoms with Crippen LogP contribution in [0.3, 0.4) is 0 Å². The third-order valence-electron chi connectivity index (χ3n) is 2.14. The average Bonchev–Trinajstić information content (AvgIpc) is 2.71. The molecule has 1 saturated heterocycles. The molecule has 0 spiro atoms. The molecule has 1 fully saturated rings. The fourth-order valence-electron chi connectivity index (χ4n) is 1.45. The minimum atomic E-state index is -3.27. The largest absolute Gasteiger partial charge is 0.315 e. The lowest BCUT2D eigenvalue weighted by molar-refractivity contribution is 0.562. The van der Waals surface area contributed by atoms with Crippen molar-refractivity contribution in [2.75, 3.05) is 13.1 Å².